The fourth-order valence-electron chi connectivity index (χ4n) is 2.17. The standard InChI is InChI=1S/C17H19N3O4S/c1-10-8-11(2)19-17(18-10)25-9-14(21)20-15(16(22)23)12-4-6-13(24-3)7-5-12/h4-8,15H,9H2,1-3H3,(H,20,21)(H,22,23). The molecule has 0 aliphatic carbocycles. The van der Waals surface area contributed by atoms with Crippen LogP contribution in [0.15, 0.2) is 35.5 Å². The van der Waals surface area contributed by atoms with Gasteiger partial charge < -0.3 is 15.2 Å². The first-order valence-corrected chi connectivity index (χ1v) is 8.49. The number of rotatable bonds is 7. The molecule has 1 aromatic carbocycles. The third-order valence-electron chi connectivity index (χ3n) is 3.30. The van der Waals surface area contributed by atoms with Gasteiger partial charge in [0.15, 0.2) is 11.2 Å². The Balaban J connectivity index is 2.01. The highest BCUT2D eigenvalue weighted by molar-refractivity contribution is 7.99. The van der Waals surface area contributed by atoms with E-state index < -0.39 is 17.9 Å². The van der Waals surface area contributed by atoms with Gasteiger partial charge in [-0.2, -0.15) is 0 Å². The summed E-state index contributed by atoms with van der Waals surface area (Å²) in [5.41, 5.74) is 2.10. The highest BCUT2D eigenvalue weighted by Gasteiger charge is 2.22. The zero-order valence-electron chi connectivity index (χ0n) is 14.1. The molecule has 8 heteroatoms. The number of carboxylic acid groups (broad SMARTS) is 1. The maximum Gasteiger partial charge on any atom is 0.330 e. The molecule has 2 rings (SSSR count). The first kappa shape index (κ1) is 18.7. The summed E-state index contributed by atoms with van der Waals surface area (Å²) in [6, 6.07) is 7.23. The molecule has 0 aliphatic heterocycles. The van der Waals surface area contributed by atoms with Crippen molar-refractivity contribution in [3.05, 3.63) is 47.3 Å². The molecular formula is C17H19N3O4S. The van der Waals surface area contributed by atoms with Crippen molar-refractivity contribution in [1.82, 2.24) is 15.3 Å². The second-order valence-corrected chi connectivity index (χ2v) is 6.28. The van der Waals surface area contributed by atoms with Crippen molar-refractivity contribution in [2.24, 2.45) is 0 Å². The molecule has 2 N–H and O–H groups in total. The van der Waals surface area contributed by atoms with Crippen LogP contribution < -0.4 is 10.1 Å². The molecule has 0 spiro atoms. The lowest BCUT2D eigenvalue weighted by molar-refractivity contribution is -0.141. The van der Waals surface area contributed by atoms with Crippen molar-refractivity contribution in [3.8, 4) is 5.75 Å². The fraction of sp³-hybridized carbons (Fsp3) is 0.294. The number of carbonyl (C=O) groups excluding carboxylic acids is 1. The molecule has 1 unspecified atom stereocenters. The predicted molar refractivity (Wildman–Crippen MR) is 93.7 cm³/mol. The van der Waals surface area contributed by atoms with Gasteiger partial charge in [0.05, 0.1) is 12.9 Å². The number of ether oxygens (including phenoxy) is 1. The summed E-state index contributed by atoms with van der Waals surface area (Å²) in [6.07, 6.45) is 0. The lowest BCUT2D eigenvalue weighted by atomic mass is 10.1. The molecule has 0 radical (unpaired) electrons. The molecule has 2 aromatic rings. The molecule has 0 saturated heterocycles. The number of amides is 1. The molecule has 0 aliphatic rings. The van der Waals surface area contributed by atoms with Crippen LogP contribution in [0.5, 0.6) is 5.75 Å². The van der Waals surface area contributed by atoms with E-state index in [0.29, 0.717) is 16.5 Å². The van der Waals surface area contributed by atoms with Crippen LogP contribution in [0.3, 0.4) is 0 Å². The number of benzene rings is 1. The Bertz CT molecular complexity index is 745. The number of aryl methyl sites for hydroxylation is 2. The zero-order chi connectivity index (χ0) is 18.4. The van der Waals surface area contributed by atoms with Gasteiger partial charge in [0.1, 0.15) is 5.75 Å². The van der Waals surface area contributed by atoms with E-state index in [2.05, 4.69) is 15.3 Å². The van der Waals surface area contributed by atoms with E-state index in [4.69, 9.17) is 4.74 Å². The third-order valence-corrected chi connectivity index (χ3v) is 4.14. The Morgan fingerprint density at radius 1 is 1.20 bits per heavy atom. The van der Waals surface area contributed by atoms with Gasteiger partial charge in [-0.05, 0) is 37.6 Å². The molecule has 25 heavy (non-hydrogen) atoms. The van der Waals surface area contributed by atoms with E-state index in [1.807, 2.05) is 19.9 Å². The van der Waals surface area contributed by atoms with Crippen LogP contribution in [0, 0.1) is 13.8 Å². The summed E-state index contributed by atoms with van der Waals surface area (Å²) >= 11 is 1.16. The van der Waals surface area contributed by atoms with E-state index >= 15 is 0 Å². The zero-order valence-corrected chi connectivity index (χ0v) is 15.0. The topological polar surface area (TPSA) is 101 Å². The summed E-state index contributed by atoms with van der Waals surface area (Å²) in [5.74, 6) is -0.896. The molecule has 1 aromatic heterocycles. The van der Waals surface area contributed by atoms with Gasteiger partial charge >= 0.3 is 5.97 Å². The van der Waals surface area contributed by atoms with E-state index in [0.717, 1.165) is 23.1 Å². The fourth-order valence-corrected chi connectivity index (χ4v) is 2.94. The summed E-state index contributed by atoms with van der Waals surface area (Å²) in [6.45, 7) is 3.70. The van der Waals surface area contributed by atoms with Crippen LogP contribution >= 0.6 is 11.8 Å². The number of hydrogen-bond acceptors (Lipinski definition) is 6. The number of thioether (sulfide) groups is 1. The largest absolute Gasteiger partial charge is 0.497 e. The maximum atomic E-state index is 12.1. The number of carbonyl (C=O) groups is 2. The van der Waals surface area contributed by atoms with Crippen molar-refractivity contribution in [2.75, 3.05) is 12.9 Å². The van der Waals surface area contributed by atoms with Gasteiger partial charge in [0.25, 0.3) is 0 Å². The lowest BCUT2D eigenvalue weighted by Gasteiger charge is -2.15. The van der Waals surface area contributed by atoms with Gasteiger partial charge in [-0.15, -0.1) is 0 Å². The van der Waals surface area contributed by atoms with Gasteiger partial charge in [-0.25, -0.2) is 14.8 Å². The van der Waals surface area contributed by atoms with Gasteiger partial charge in [-0.1, -0.05) is 23.9 Å². The molecular weight excluding hydrogens is 342 g/mol. The number of methoxy groups -OCH3 is 1. The molecule has 1 amide bonds. The van der Waals surface area contributed by atoms with E-state index in [9.17, 15) is 14.7 Å². The number of hydrogen-bond donors (Lipinski definition) is 2. The number of aliphatic carboxylic acids is 1. The van der Waals surface area contributed by atoms with Crippen LogP contribution in [-0.2, 0) is 9.59 Å². The number of aromatic nitrogens is 2. The number of carboxylic acids is 1. The lowest BCUT2D eigenvalue weighted by Crippen LogP contribution is -2.34. The van der Waals surface area contributed by atoms with Gasteiger partial charge in [0, 0.05) is 11.4 Å². The molecule has 7 nitrogen and oxygen atoms in total. The van der Waals surface area contributed by atoms with Gasteiger partial charge in [0.2, 0.25) is 5.91 Å². The summed E-state index contributed by atoms with van der Waals surface area (Å²) in [7, 11) is 1.53. The minimum Gasteiger partial charge on any atom is -0.497 e. The highest BCUT2D eigenvalue weighted by Crippen LogP contribution is 2.19. The quantitative estimate of drug-likeness (QED) is 0.575. The highest BCUT2D eigenvalue weighted by atomic mass is 32.2. The minimum absolute atomic E-state index is 0.0306. The Morgan fingerprint density at radius 2 is 1.80 bits per heavy atom. The first-order valence-electron chi connectivity index (χ1n) is 7.50. The average molecular weight is 361 g/mol. The Kier molecular flexibility index (Phi) is 6.35. The van der Waals surface area contributed by atoms with Crippen LogP contribution in [0.2, 0.25) is 0 Å². The first-order chi connectivity index (χ1) is 11.9. The van der Waals surface area contributed by atoms with Crippen LogP contribution in [0.1, 0.15) is 23.0 Å². The second kappa shape index (κ2) is 8.48. The predicted octanol–water partition coefficient (Wildman–Crippen LogP) is 2.14. The molecule has 1 atom stereocenters. The van der Waals surface area contributed by atoms with Crippen molar-refractivity contribution >= 4 is 23.6 Å². The van der Waals surface area contributed by atoms with Crippen molar-refractivity contribution < 1.29 is 19.4 Å². The van der Waals surface area contributed by atoms with Crippen LogP contribution in [0.4, 0.5) is 0 Å². The number of nitrogens with zero attached hydrogens (tertiary/aromatic N) is 2. The van der Waals surface area contributed by atoms with E-state index in [1.165, 1.54) is 7.11 Å². The summed E-state index contributed by atoms with van der Waals surface area (Å²) in [4.78, 5) is 32.1. The summed E-state index contributed by atoms with van der Waals surface area (Å²) < 4.78 is 5.05. The second-order valence-electron chi connectivity index (χ2n) is 5.33. The smallest absolute Gasteiger partial charge is 0.330 e. The summed E-state index contributed by atoms with van der Waals surface area (Å²) in [5, 5.41) is 12.4. The van der Waals surface area contributed by atoms with E-state index in [-0.39, 0.29) is 5.75 Å². The van der Waals surface area contributed by atoms with E-state index in [1.54, 1.807) is 24.3 Å². The third kappa shape index (κ3) is 5.46. The Hall–Kier alpha value is -2.61. The van der Waals surface area contributed by atoms with Crippen LogP contribution in [0.25, 0.3) is 0 Å². The monoisotopic (exact) mass is 361 g/mol. The van der Waals surface area contributed by atoms with Gasteiger partial charge in [-0.3, -0.25) is 4.79 Å². The molecule has 132 valence electrons. The van der Waals surface area contributed by atoms with Crippen molar-refractivity contribution in [3.63, 3.8) is 0 Å². The molecule has 0 bridgehead atoms. The van der Waals surface area contributed by atoms with Crippen LogP contribution in [-0.4, -0.2) is 39.8 Å². The minimum atomic E-state index is -1.13. The number of nitrogens with one attached hydrogen (secondary N) is 1. The molecule has 1 heterocycles. The Labute approximate surface area is 149 Å². The maximum absolute atomic E-state index is 12.1. The molecule has 0 saturated carbocycles. The van der Waals surface area contributed by atoms with Crippen molar-refractivity contribution in [2.45, 2.75) is 25.0 Å². The van der Waals surface area contributed by atoms with Crippen molar-refractivity contribution in [1.29, 1.82) is 0 Å². The molecule has 0 fully saturated rings. The average Bonchev–Trinajstić information content (AvgIpc) is 2.57. The Morgan fingerprint density at radius 3 is 2.32 bits per heavy atom. The normalized spacial score (nSPS) is 11.6. The SMILES string of the molecule is COc1ccc(C(NC(=O)CSc2nc(C)cc(C)n2)C(=O)O)cc1.